The summed E-state index contributed by atoms with van der Waals surface area (Å²) in [7, 11) is 0. The number of fused-ring (bicyclic) bond motifs is 2. The predicted molar refractivity (Wildman–Crippen MR) is 160 cm³/mol. The van der Waals surface area contributed by atoms with Crippen LogP contribution in [0.2, 0.25) is 0 Å². The van der Waals surface area contributed by atoms with Crippen molar-refractivity contribution in [3.8, 4) is 11.5 Å². The number of nitro benzene ring substituents is 1. The number of anilines is 2. The Hall–Kier alpha value is -4.83. The highest BCUT2D eigenvalue weighted by atomic mass is 32.1. The molecule has 0 atom stereocenters. The summed E-state index contributed by atoms with van der Waals surface area (Å²) in [5.74, 6) is -0.0269. The van der Waals surface area contributed by atoms with E-state index in [9.17, 15) is 14.9 Å². The van der Waals surface area contributed by atoms with Crippen molar-refractivity contribution in [3.63, 3.8) is 0 Å². The van der Waals surface area contributed by atoms with E-state index in [1.165, 1.54) is 6.07 Å². The van der Waals surface area contributed by atoms with Crippen LogP contribution >= 0.6 is 12.2 Å². The minimum atomic E-state index is -0.536. The highest BCUT2D eigenvalue weighted by Crippen LogP contribution is 2.32. The highest BCUT2D eigenvalue weighted by Gasteiger charge is 2.23. The Morgan fingerprint density at radius 1 is 0.975 bits per heavy atom. The maximum absolute atomic E-state index is 12.9. The van der Waals surface area contributed by atoms with E-state index in [1.54, 1.807) is 30.3 Å². The van der Waals surface area contributed by atoms with Crippen LogP contribution in [-0.4, -0.2) is 34.0 Å². The van der Waals surface area contributed by atoms with Gasteiger partial charge in [-0.25, -0.2) is 4.98 Å². The first kappa shape index (κ1) is 25.4. The Balaban J connectivity index is 1.17. The van der Waals surface area contributed by atoms with Crippen molar-refractivity contribution in [1.82, 2.24) is 10.3 Å². The van der Waals surface area contributed by atoms with Crippen LogP contribution in [0.1, 0.15) is 29.6 Å². The molecule has 5 aromatic rings. The molecule has 0 radical (unpaired) electrons. The number of hydrogen-bond donors (Lipinski definition) is 2. The van der Waals surface area contributed by atoms with Crippen LogP contribution in [0.4, 0.5) is 17.1 Å². The summed E-state index contributed by atoms with van der Waals surface area (Å²) in [6.45, 7) is 1.53. The summed E-state index contributed by atoms with van der Waals surface area (Å²) in [6, 6.07) is 23.9. The second-order valence-electron chi connectivity index (χ2n) is 9.64. The third-order valence-electron chi connectivity index (χ3n) is 7.02. The quantitative estimate of drug-likeness (QED) is 0.141. The summed E-state index contributed by atoms with van der Waals surface area (Å²) in [6.07, 6.45) is 3.10. The average Bonchev–Trinajstić information content (AvgIpc) is 3.40. The van der Waals surface area contributed by atoms with Crippen LogP contribution < -0.4 is 15.5 Å². The van der Waals surface area contributed by atoms with E-state index in [-0.39, 0.29) is 16.4 Å². The molecular weight excluding hydrogens is 526 g/mol. The number of rotatable bonds is 5. The Labute approximate surface area is 235 Å². The number of thiocarbonyl (C=S) groups is 1. The van der Waals surface area contributed by atoms with Crippen LogP contribution in [0.25, 0.3) is 33.3 Å². The fourth-order valence-electron chi connectivity index (χ4n) is 5.08. The van der Waals surface area contributed by atoms with Gasteiger partial charge in [0.15, 0.2) is 10.7 Å². The van der Waals surface area contributed by atoms with Gasteiger partial charge in [-0.15, -0.1) is 0 Å². The number of benzene rings is 4. The molecule has 10 heteroatoms. The zero-order valence-electron chi connectivity index (χ0n) is 21.4. The van der Waals surface area contributed by atoms with E-state index in [1.807, 2.05) is 47.4 Å². The molecule has 4 aromatic carbocycles. The number of nitrogens with one attached hydrogen (secondary N) is 2. The van der Waals surface area contributed by atoms with E-state index in [0.717, 1.165) is 48.7 Å². The van der Waals surface area contributed by atoms with Crippen molar-refractivity contribution in [2.45, 2.75) is 19.3 Å². The zero-order valence-corrected chi connectivity index (χ0v) is 22.2. The Morgan fingerprint density at radius 2 is 1.77 bits per heavy atom. The normalized spacial score (nSPS) is 13.3. The maximum atomic E-state index is 12.9. The molecular formula is C30H25N5O4S. The molecule has 1 aliphatic rings. The number of oxazole rings is 1. The van der Waals surface area contributed by atoms with E-state index in [0.29, 0.717) is 28.4 Å². The van der Waals surface area contributed by atoms with Gasteiger partial charge in [-0.05, 0) is 78.7 Å². The number of carbonyl (C=O) groups is 1. The zero-order chi connectivity index (χ0) is 27.6. The van der Waals surface area contributed by atoms with Gasteiger partial charge < -0.3 is 14.6 Å². The number of piperidine rings is 1. The van der Waals surface area contributed by atoms with E-state index in [4.69, 9.17) is 16.6 Å². The topological polar surface area (TPSA) is 114 Å². The Morgan fingerprint density at radius 3 is 2.60 bits per heavy atom. The third-order valence-corrected chi connectivity index (χ3v) is 7.23. The molecule has 200 valence electrons. The number of amides is 1. The lowest BCUT2D eigenvalue weighted by Crippen LogP contribution is -2.34. The summed E-state index contributed by atoms with van der Waals surface area (Å²) in [5, 5.41) is 19.6. The molecule has 0 spiro atoms. The number of nitro groups is 1. The minimum Gasteiger partial charge on any atom is -0.436 e. The van der Waals surface area contributed by atoms with E-state index >= 15 is 0 Å². The molecule has 1 saturated heterocycles. The predicted octanol–water partition coefficient (Wildman–Crippen LogP) is 6.67. The largest absolute Gasteiger partial charge is 0.436 e. The van der Waals surface area contributed by atoms with Crippen molar-refractivity contribution in [2.24, 2.45) is 0 Å². The van der Waals surface area contributed by atoms with Gasteiger partial charge >= 0.3 is 0 Å². The van der Waals surface area contributed by atoms with Crippen molar-refractivity contribution < 1.29 is 14.1 Å². The van der Waals surface area contributed by atoms with Gasteiger partial charge in [-0.2, -0.15) is 0 Å². The monoisotopic (exact) mass is 551 g/mol. The molecule has 2 N–H and O–H groups in total. The molecule has 0 aliphatic carbocycles. The smallest absolute Gasteiger partial charge is 0.293 e. The van der Waals surface area contributed by atoms with Gasteiger partial charge in [0.1, 0.15) is 11.2 Å². The molecule has 9 nitrogen and oxygen atoms in total. The number of carbonyl (C=O) groups excluding carboxylic acids is 1. The fraction of sp³-hybridized carbons (Fsp3) is 0.167. The van der Waals surface area contributed by atoms with E-state index in [2.05, 4.69) is 15.6 Å². The van der Waals surface area contributed by atoms with Crippen molar-refractivity contribution in [2.75, 3.05) is 23.3 Å². The number of aromatic nitrogens is 1. The lowest BCUT2D eigenvalue weighted by atomic mass is 10.0. The van der Waals surface area contributed by atoms with Gasteiger partial charge in [-0.1, -0.05) is 36.4 Å². The summed E-state index contributed by atoms with van der Waals surface area (Å²) >= 11 is 5.35. The SMILES string of the molecule is O=C(NC(=S)Nc1ccc2oc(-c3cccc4ccccc34)nc2c1)c1ccc(N2CCCCC2)c([N+](=O)[O-])c1. The van der Waals surface area contributed by atoms with Crippen LogP contribution in [0.15, 0.2) is 83.3 Å². The highest BCUT2D eigenvalue weighted by molar-refractivity contribution is 7.80. The van der Waals surface area contributed by atoms with Crippen LogP contribution in [0, 0.1) is 10.1 Å². The molecule has 0 unspecified atom stereocenters. The summed E-state index contributed by atoms with van der Waals surface area (Å²) < 4.78 is 6.03. The second-order valence-corrected chi connectivity index (χ2v) is 10.1. The first-order valence-corrected chi connectivity index (χ1v) is 13.4. The summed E-state index contributed by atoms with van der Waals surface area (Å²) in [4.78, 5) is 30.9. The van der Waals surface area contributed by atoms with Crippen LogP contribution in [0.3, 0.4) is 0 Å². The molecule has 1 aliphatic heterocycles. The van der Waals surface area contributed by atoms with Gasteiger partial charge in [0, 0.05) is 36.0 Å². The minimum absolute atomic E-state index is 0.0601. The summed E-state index contributed by atoms with van der Waals surface area (Å²) in [5.41, 5.74) is 3.35. The maximum Gasteiger partial charge on any atom is 0.293 e. The lowest BCUT2D eigenvalue weighted by Gasteiger charge is -2.28. The van der Waals surface area contributed by atoms with Gasteiger partial charge in [0.05, 0.1) is 4.92 Å². The molecule has 1 fully saturated rings. The fourth-order valence-corrected chi connectivity index (χ4v) is 5.29. The van der Waals surface area contributed by atoms with E-state index < -0.39 is 10.8 Å². The standard InChI is InChI=1S/C30H25N5O4S/c36-28(20-11-13-25(26(17-20)35(37)38)34-15-4-1-5-16-34)33-30(40)31-21-12-14-27-24(18-21)32-29(39-27)23-10-6-8-19-7-2-3-9-22(19)23/h2-3,6-14,17-18H,1,4-5,15-16H2,(H2,31,33,36,40). The molecule has 0 bridgehead atoms. The molecule has 2 heterocycles. The first-order valence-electron chi connectivity index (χ1n) is 13.0. The van der Waals surface area contributed by atoms with Crippen molar-refractivity contribution in [3.05, 3.63) is 94.5 Å². The molecule has 0 saturated carbocycles. The number of hydrogen-bond acceptors (Lipinski definition) is 7. The average molecular weight is 552 g/mol. The van der Waals surface area contributed by atoms with Crippen LogP contribution in [-0.2, 0) is 0 Å². The van der Waals surface area contributed by atoms with Crippen molar-refractivity contribution >= 4 is 62.2 Å². The van der Waals surface area contributed by atoms with Crippen LogP contribution in [0.5, 0.6) is 0 Å². The van der Waals surface area contributed by atoms with Crippen molar-refractivity contribution in [1.29, 1.82) is 0 Å². The lowest BCUT2D eigenvalue weighted by molar-refractivity contribution is -0.384. The van der Waals surface area contributed by atoms with Gasteiger partial charge in [0.25, 0.3) is 11.6 Å². The van der Waals surface area contributed by atoms with Gasteiger partial charge in [0.2, 0.25) is 5.89 Å². The second kappa shape index (κ2) is 10.7. The first-order chi connectivity index (χ1) is 19.5. The Bertz CT molecular complexity index is 1770. The molecule has 1 amide bonds. The molecule has 1 aromatic heterocycles. The molecule has 6 rings (SSSR count). The van der Waals surface area contributed by atoms with Gasteiger partial charge in [-0.3, -0.25) is 20.2 Å². The number of nitrogens with zero attached hydrogens (tertiary/aromatic N) is 3. The molecule has 40 heavy (non-hydrogen) atoms. The third kappa shape index (κ3) is 5.08. The Kier molecular flexibility index (Phi) is 6.83.